The van der Waals surface area contributed by atoms with Gasteiger partial charge in [0.15, 0.2) is 0 Å². The second-order valence-corrected chi connectivity index (χ2v) is 6.18. The minimum Gasteiger partial charge on any atom is -0.309 e. The molecule has 1 nitrogen and oxygen atoms in total. The van der Waals surface area contributed by atoms with Crippen molar-refractivity contribution in [2.45, 2.75) is 33.2 Å². The van der Waals surface area contributed by atoms with Crippen LogP contribution in [0.3, 0.4) is 0 Å². The molecule has 0 amide bonds. The van der Waals surface area contributed by atoms with Crippen LogP contribution in [-0.4, -0.2) is 6.54 Å². The van der Waals surface area contributed by atoms with E-state index in [2.05, 4.69) is 62.5 Å². The Labute approximate surface area is 114 Å². The third kappa shape index (κ3) is 3.69. The highest BCUT2D eigenvalue weighted by molar-refractivity contribution is 7.12. The van der Waals surface area contributed by atoms with E-state index in [1.165, 1.54) is 20.9 Å². The first-order valence-corrected chi connectivity index (χ1v) is 7.32. The van der Waals surface area contributed by atoms with Crippen molar-refractivity contribution in [1.29, 1.82) is 0 Å². The van der Waals surface area contributed by atoms with Crippen molar-refractivity contribution in [2.75, 3.05) is 6.54 Å². The molecular formula is C16H21NS. The van der Waals surface area contributed by atoms with Crippen LogP contribution in [0.5, 0.6) is 0 Å². The van der Waals surface area contributed by atoms with E-state index in [0.29, 0.717) is 6.04 Å². The lowest BCUT2D eigenvalue weighted by atomic mass is 10.1. The summed E-state index contributed by atoms with van der Waals surface area (Å²) in [4.78, 5) is 2.81. The highest BCUT2D eigenvalue weighted by Crippen LogP contribution is 2.22. The van der Waals surface area contributed by atoms with Gasteiger partial charge in [0.05, 0.1) is 0 Å². The second kappa shape index (κ2) is 6.17. The Bertz CT molecular complexity index is 501. The topological polar surface area (TPSA) is 12.0 Å². The first kappa shape index (κ1) is 13.3. The van der Waals surface area contributed by atoms with E-state index in [1.807, 2.05) is 11.3 Å². The van der Waals surface area contributed by atoms with Crippen molar-refractivity contribution < 1.29 is 0 Å². The van der Waals surface area contributed by atoms with Crippen molar-refractivity contribution in [3.8, 4) is 0 Å². The second-order valence-electron chi connectivity index (χ2n) is 4.86. The Hall–Kier alpha value is -1.12. The largest absolute Gasteiger partial charge is 0.309 e. The molecule has 1 N–H and O–H groups in total. The molecule has 0 fully saturated rings. The van der Waals surface area contributed by atoms with Gasteiger partial charge in [-0.1, -0.05) is 29.8 Å². The molecule has 0 bridgehead atoms. The van der Waals surface area contributed by atoms with Gasteiger partial charge in [-0.3, -0.25) is 0 Å². The van der Waals surface area contributed by atoms with Crippen LogP contribution < -0.4 is 5.32 Å². The molecule has 2 aromatic rings. The monoisotopic (exact) mass is 259 g/mol. The van der Waals surface area contributed by atoms with Crippen LogP contribution in [0, 0.1) is 13.8 Å². The summed E-state index contributed by atoms with van der Waals surface area (Å²) in [6.07, 6.45) is 1.09. The minimum absolute atomic E-state index is 0.452. The van der Waals surface area contributed by atoms with Crippen LogP contribution in [-0.2, 0) is 6.42 Å². The smallest absolute Gasteiger partial charge is 0.0386 e. The summed E-state index contributed by atoms with van der Waals surface area (Å²) in [5.74, 6) is 0. The highest BCUT2D eigenvalue weighted by atomic mass is 32.1. The Morgan fingerprint density at radius 3 is 2.67 bits per heavy atom. The van der Waals surface area contributed by atoms with E-state index in [1.54, 1.807) is 0 Å². The lowest BCUT2D eigenvalue weighted by Crippen LogP contribution is -2.20. The van der Waals surface area contributed by atoms with Gasteiger partial charge in [-0.15, -0.1) is 11.3 Å². The normalized spacial score (nSPS) is 12.6. The maximum absolute atomic E-state index is 3.59. The molecule has 1 aromatic heterocycles. The first-order valence-electron chi connectivity index (χ1n) is 6.50. The lowest BCUT2D eigenvalue weighted by Gasteiger charge is -2.12. The summed E-state index contributed by atoms with van der Waals surface area (Å²) in [6.45, 7) is 7.57. The third-order valence-electron chi connectivity index (χ3n) is 3.13. The van der Waals surface area contributed by atoms with Gasteiger partial charge >= 0.3 is 0 Å². The number of hydrogen-bond donors (Lipinski definition) is 1. The van der Waals surface area contributed by atoms with E-state index in [4.69, 9.17) is 0 Å². The Morgan fingerprint density at radius 1 is 1.17 bits per heavy atom. The Balaban J connectivity index is 1.82. The van der Waals surface area contributed by atoms with Crippen LogP contribution >= 0.6 is 11.3 Å². The van der Waals surface area contributed by atoms with Gasteiger partial charge < -0.3 is 5.32 Å². The van der Waals surface area contributed by atoms with Gasteiger partial charge in [0.1, 0.15) is 0 Å². The standard InChI is InChI=1S/C16H21NS/c1-12-5-4-6-15(11-12)9-10-17-14(3)16-8-7-13(2)18-16/h4-8,11,14,17H,9-10H2,1-3H3. The number of thiophene rings is 1. The van der Waals surface area contributed by atoms with E-state index < -0.39 is 0 Å². The molecule has 0 radical (unpaired) electrons. The van der Waals surface area contributed by atoms with E-state index in [-0.39, 0.29) is 0 Å². The van der Waals surface area contributed by atoms with Crippen molar-refractivity contribution in [2.24, 2.45) is 0 Å². The molecule has 1 heterocycles. The highest BCUT2D eigenvalue weighted by Gasteiger charge is 2.06. The fourth-order valence-corrected chi connectivity index (χ4v) is 2.99. The van der Waals surface area contributed by atoms with E-state index in [0.717, 1.165) is 13.0 Å². The average molecular weight is 259 g/mol. The summed E-state index contributed by atoms with van der Waals surface area (Å²) in [5.41, 5.74) is 2.76. The fourth-order valence-electron chi connectivity index (χ4n) is 2.09. The molecule has 2 heteroatoms. The molecule has 0 aliphatic carbocycles. The van der Waals surface area contributed by atoms with Crippen LogP contribution in [0.1, 0.15) is 33.8 Å². The van der Waals surface area contributed by atoms with Crippen LogP contribution in [0.15, 0.2) is 36.4 Å². The summed E-state index contributed by atoms with van der Waals surface area (Å²) in [7, 11) is 0. The number of nitrogens with one attached hydrogen (secondary N) is 1. The Morgan fingerprint density at radius 2 is 2.00 bits per heavy atom. The number of hydrogen-bond acceptors (Lipinski definition) is 2. The molecule has 0 aliphatic rings. The molecule has 0 spiro atoms. The zero-order chi connectivity index (χ0) is 13.0. The average Bonchev–Trinajstić information content (AvgIpc) is 2.76. The van der Waals surface area contributed by atoms with Gasteiger partial charge in [0, 0.05) is 15.8 Å². The Kier molecular flexibility index (Phi) is 4.56. The molecule has 2 rings (SSSR count). The maximum Gasteiger partial charge on any atom is 0.0386 e. The molecule has 0 saturated carbocycles. The zero-order valence-corrected chi connectivity index (χ0v) is 12.2. The van der Waals surface area contributed by atoms with Crippen molar-refractivity contribution in [3.05, 3.63) is 57.3 Å². The minimum atomic E-state index is 0.452. The van der Waals surface area contributed by atoms with Crippen molar-refractivity contribution >= 4 is 11.3 Å². The lowest BCUT2D eigenvalue weighted by molar-refractivity contribution is 0.584. The number of aryl methyl sites for hydroxylation is 2. The zero-order valence-electron chi connectivity index (χ0n) is 11.4. The van der Waals surface area contributed by atoms with Crippen LogP contribution in [0.2, 0.25) is 0 Å². The number of benzene rings is 1. The summed E-state index contributed by atoms with van der Waals surface area (Å²) >= 11 is 1.88. The van der Waals surface area contributed by atoms with E-state index >= 15 is 0 Å². The first-order chi connectivity index (χ1) is 8.65. The van der Waals surface area contributed by atoms with Crippen LogP contribution in [0.4, 0.5) is 0 Å². The molecule has 0 aliphatic heterocycles. The van der Waals surface area contributed by atoms with Gasteiger partial charge in [-0.25, -0.2) is 0 Å². The third-order valence-corrected chi connectivity index (χ3v) is 4.32. The van der Waals surface area contributed by atoms with Crippen molar-refractivity contribution in [3.63, 3.8) is 0 Å². The summed E-state index contributed by atoms with van der Waals surface area (Å²) < 4.78 is 0. The summed E-state index contributed by atoms with van der Waals surface area (Å²) in [6, 6.07) is 13.6. The number of rotatable bonds is 5. The molecule has 18 heavy (non-hydrogen) atoms. The fraction of sp³-hybridized carbons (Fsp3) is 0.375. The predicted molar refractivity (Wildman–Crippen MR) is 80.4 cm³/mol. The van der Waals surface area contributed by atoms with Gasteiger partial charge in [-0.05, 0) is 51.4 Å². The SMILES string of the molecule is Cc1cccc(CCNC(C)c2ccc(C)s2)c1. The van der Waals surface area contributed by atoms with Gasteiger partial charge in [-0.2, -0.15) is 0 Å². The molecule has 96 valence electrons. The summed E-state index contributed by atoms with van der Waals surface area (Å²) in [5, 5.41) is 3.59. The molecule has 1 unspecified atom stereocenters. The predicted octanol–water partition coefficient (Wildman–Crippen LogP) is 4.26. The quantitative estimate of drug-likeness (QED) is 0.846. The van der Waals surface area contributed by atoms with Gasteiger partial charge in [0.2, 0.25) is 0 Å². The molecular weight excluding hydrogens is 238 g/mol. The van der Waals surface area contributed by atoms with Crippen molar-refractivity contribution in [1.82, 2.24) is 5.32 Å². The van der Waals surface area contributed by atoms with Gasteiger partial charge in [0.25, 0.3) is 0 Å². The maximum atomic E-state index is 3.59. The van der Waals surface area contributed by atoms with E-state index in [9.17, 15) is 0 Å². The molecule has 0 saturated heterocycles. The molecule has 1 atom stereocenters. The molecule has 1 aromatic carbocycles. The van der Waals surface area contributed by atoms with Crippen LogP contribution in [0.25, 0.3) is 0 Å².